The first-order valence-electron chi connectivity index (χ1n) is 14.7. The number of rotatable bonds is 8. The fourth-order valence-electron chi connectivity index (χ4n) is 7.08. The number of fused-ring (bicyclic) bond motifs is 1. The van der Waals surface area contributed by atoms with E-state index in [4.69, 9.17) is 9.16 Å². The summed E-state index contributed by atoms with van der Waals surface area (Å²) in [4.78, 5) is 16.2. The molecule has 5 rings (SSSR count). The van der Waals surface area contributed by atoms with Gasteiger partial charge < -0.3 is 14.5 Å². The van der Waals surface area contributed by atoms with E-state index in [1.54, 1.807) is 0 Å². The van der Waals surface area contributed by atoms with Gasteiger partial charge in [0.15, 0.2) is 8.32 Å². The van der Waals surface area contributed by atoms with E-state index in [1.807, 2.05) is 0 Å². The molecule has 0 aromatic heterocycles. The SMILES string of the molecule is COC(=O)C1=C2Nc3ccccc3[C@@]23CCN(Cc2ccccc2)C3C(CC(Br)C(C)O[Si](C)(C)C(C)(C)C)C1. The summed E-state index contributed by atoms with van der Waals surface area (Å²) in [5, 5.41) is 3.86. The van der Waals surface area contributed by atoms with Gasteiger partial charge in [-0.05, 0) is 67.4 Å². The Hall–Kier alpha value is -1.93. The summed E-state index contributed by atoms with van der Waals surface area (Å²) in [6, 6.07) is 19.7. The number of carbonyl (C=O) groups is 1. The number of ether oxygens (including phenoxy) is 1. The lowest BCUT2D eigenvalue weighted by Gasteiger charge is -2.47. The molecule has 216 valence electrons. The predicted molar refractivity (Wildman–Crippen MR) is 169 cm³/mol. The van der Waals surface area contributed by atoms with Gasteiger partial charge in [0, 0.05) is 35.3 Å². The van der Waals surface area contributed by atoms with Crippen LogP contribution in [0.25, 0.3) is 0 Å². The Morgan fingerprint density at radius 2 is 1.82 bits per heavy atom. The lowest BCUT2D eigenvalue weighted by molar-refractivity contribution is -0.136. The number of methoxy groups -OCH3 is 1. The van der Waals surface area contributed by atoms with Gasteiger partial charge in [-0.1, -0.05) is 85.2 Å². The number of anilines is 1. The van der Waals surface area contributed by atoms with Crippen molar-refractivity contribution in [2.45, 2.75) is 94.0 Å². The van der Waals surface area contributed by atoms with Crippen LogP contribution in [0.15, 0.2) is 65.9 Å². The molecule has 0 amide bonds. The Kier molecular flexibility index (Phi) is 8.16. The fourth-order valence-corrected chi connectivity index (χ4v) is 9.32. The van der Waals surface area contributed by atoms with E-state index in [9.17, 15) is 4.79 Å². The lowest BCUT2D eigenvalue weighted by Crippen LogP contribution is -2.52. The molecule has 5 atom stereocenters. The summed E-state index contributed by atoms with van der Waals surface area (Å²) in [6.07, 6.45) is 2.66. The Balaban J connectivity index is 1.54. The van der Waals surface area contributed by atoms with E-state index in [0.29, 0.717) is 6.42 Å². The summed E-state index contributed by atoms with van der Waals surface area (Å²) in [6.45, 7) is 15.6. The third kappa shape index (κ3) is 5.12. The molecule has 1 saturated heterocycles. The summed E-state index contributed by atoms with van der Waals surface area (Å²) < 4.78 is 12.2. The molecule has 5 nitrogen and oxygen atoms in total. The zero-order chi connectivity index (χ0) is 28.9. The highest BCUT2D eigenvalue weighted by Gasteiger charge is 2.61. The number of nitrogens with one attached hydrogen (secondary N) is 1. The monoisotopic (exact) mass is 624 g/mol. The highest BCUT2D eigenvalue weighted by atomic mass is 79.9. The second-order valence-electron chi connectivity index (χ2n) is 13.4. The average Bonchev–Trinajstić information content (AvgIpc) is 3.45. The first kappa shape index (κ1) is 29.6. The zero-order valence-electron chi connectivity index (χ0n) is 25.1. The van der Waals surface area contributed by atoms with Gasteiger partial charge in [0.2, 0.25) is 0 Å². The van der Waals surface area contributed by atoms with Crippen LogP contribution >= 0.6 is 15.9 Å². The summed E-state index contributed by atoms with van der Waals surface area (Å²) in [5.41, 5.74) is 5.37. The fraction of sp³-hybridized carbons (Fsp3) is 0.545. The molecular weight excluding hydrogens is 580 g/mol. The minimum Gasteiger partial charge on any atom is -0.466 e. The number of halogens is 1. The molecule has 0 radical (unpaired) electrons. The maximum atomic E-state index is 13.3. The Morgan fingerprint density at radius 1 is 1.15 bits per heavy atom. The minimum absolute atomic E-state index is 0.0711. The predicted octanol–water partition coefficient (Wildman–Crippen LogP) is 7.64. The van der Waals surface area contributed by atoms with Gasteiger partial charge in [-0.25, -0.2) is 4.79 Å². The van der Waals surface area contributed by atoms with Crippen molar-refractivity contribution in [2.75, 3.05) is 19.0 Å². The molecule has 2 aromatic rings. The second-order valence-corrected chi connectivity index (χ2v) is 19.4. The van der Waals surface area contributed by atoms with Gasteiger partial charge in [0.05, 0.1) is 24.2 Å². The van der Waals surface area contributed by atoms with Crippen molar-refractivity contribution in [3.63, 3.8) is 0 Å². The smallest absolute Gasteiger partial charge is 0.335 e. The number of hydrogen-bond acceptors (Lipinski definition) is 5. The number of carbonyl (C=O) groups excluding carboxylic acids is 1. The quantitative estimate of drug-likeness (QED) is 0.186. The van der Waals surface area contributed by atoms with E-state index in [1.165, 1.54) is 18.2 Å². The van der Waals surface area contributed by atoms with Crippen LogP contribution in [0.4, 0.5) is 5.69 Å². The summed E-state index contributed by atoms with van der Waals surface area (Å²) in [7, 11) is -0.424. The number of para-hydroxylation sites is 1. The highest BCUT2D eigenvalue weighted by Crippen LogP contribution is 2.60. The topological polar surface area (TPSA) is 50.8 Å². The second kappa shape index (κ2) is 11.0. The minimum atomic E-state index is -1.93. The average molecular weight is 626 g/mol. The molecule has 2 aliphatic heterocycles. The van der Waals surface area contributed by atoms with Crippen molar-refractivity contribution in [2.24, 2.45) is 5.92 Å². The lowest BCUT2D eigenvalue weighted by atomic mass is 9.62. The van der Waals surface area contributed by atoms with Crippen LogP contribution < -0.4 is 5.32 Å². The van der Waals surface area contributed by atoms with E-state index < -0.39 is 8.32 Å². The van der Waals surface area contributed by atoms with E-state index >= 15 is 0 Å². The molecule has 2 aromatic carbocycles. The molecule has 1 aliphatic carbocycles. The number of likely N-dealkylation sites (tertiary alicyclic amines) is 1. The van der Waals surface area contributed by atoms with Gasteiger partial charge >= 0.3 is 5.97 Å². The van der Waals surface area contributed by atoms with Crippen molar-refractivity contribution in [1.29, 1.82) is 0 Å². The molecule has 1 fully saturated rings. The first-order valence-corrected chi connectivity index (χ1v) is 18.5. The van der Waals surface area contributed by atoms with Gasteiger partial charge in [-0.3, -0.25) is 4.90 Å². The molecule has 7 heteroatoms. The van der Waals surface area contributed by atoms with Crippen LogP contribution in [-0.2, 0) is 25.9 Å². The van der Waals surface area contributed by atoms with E-state index in [-0.39, 0.29) is 39.3 Å². The largest absolute Gasteiger partial charge is 0.466 e. The van der Waals surface area contributed by atoms with Crippen LogP contribution in [0.2, 0.25) is 18.1 Å². The van der Waals surface area contributed by atoms with Gasteiger partial charge in [-0.2, -0.15) is 0 Å². The number of benzene rings is 2. The van der Waals surface area contributed by atoms with Crippen LogP contribution in [0.3, 0.4) is 0 Å². The van der Waals surface area contributed by atoms with Crippen molar-refractivity contribution >= 4 is 35.9 Å². The summed E-state index contributed by atoms with van der Waals surface area (Å²) in [5.74, 6) is 0.0446. The number of nitrogens with zero attached hydrogens (tertiary/aromatic N) is 1. The number of hydrogen-bond donors (Lipinski definition) is 1. The molecule has 1 N–H and O–H groups in total. The molecule has 2 heterocycles. The maximum Gasteiger partial charge on any atom is 0.335 e. The molecule has 3 aliphatic rings. The molecule has 4 unspecified atom stereocenters. The Labute approximate surface area is 250 Å². The zero-order valence-corrected chi connectivity index (χ0v) is 27.7. The van der Waals surface area contributed by atoms with Gasteiger partial charge in [-0.15, -0.1) is 0 Å². The molecule has 1 spiro atoms. The number of alkyl halides is 1. The van der Waals surface area contributed by atoms with Crippen molar-refractivity contribution in [1.82, 2.24) is 4.90 Å². The van der Waals surface area contributed by atoms with Gasteiger partial charge in [0.25, 0.3) is 0 Å². The Morgan fingerprint density at radius 3 is 2.50 bits per heavy atom. The third-order valence-electron chi connectivity index (χ3n) is 10.0. The van der Waals surface area contributed by atoms with Crippen molar-refractivity contribution < 1.29 is 14.0 Å². The highest BCUT2D eigenvalue weighted by molar-refractivity contribution is 9.09. The third-order valence-corrected chi connectivity index (χ3v) is 15.7. The molecule has 0 bridgehead atoms. The van der Waals surface area contributed by atoms with Gasteiger partial charge in [0.1, 0.15) is 0 Å². The molecule has 0 saturated carbocycles. The standard InChI is InChI=1S/C33H45BrN2O3Si/c1-22(39-40(6,7)32(2,3)4)27(34)20-24-19-25(31(37)38-5)29-33(26-15-11-12-16-28(26)35-29)17-18-36(30(24)33)21-23-13-9-8-10-14-23/h8-16,22,24,27,30,35H,17-21H2,1-7H3/t22?,24?,27?,30?,33-/m0/s1. The Bertz CT molecular complexity index is 1270. The molecule has 40 heavy (non-hydrogen) atoms. The van der Waals surface area contributed by atoms with Crippen molar-refractivity contribution in [3.8, 4) is 0 Å². The van der Waals surface area contributed by atoms with Crippen LogP contribution in [0, 0.1) is 5.92 Å². The maximum absolute atomic E-state index is 13.3. The van der Waals surface area contributed by atoms with E-state index in [0.717, 1.165) is 42.9 Å². The molecular formula is C33H45BrN2O3Si. The first-order chi connectivity index (χ1) is 18.9. The number of esters is 1. The van der Waals surface area contributed by atoms with Crippen LogP contribution in [-0.4, -0.2) is 49.8 Å². The van der Waals surface area contributed by atoms with Crippen LogP contribution in [0.1, 0.15) is 58.1 Å². The van der Waals surface area contributed by atoms with Crippen molar-refractivity contribution in [3.05, 3.63) is 77.0 Å². The van der Waals surface area contributed by atoms with Crippen LogP contribution in [0.5, 0.6) is 0 Å². The van der Waals surface area contributed by atoms with E-state index in [2.05, 4.69) is 122 Å². The normalized spacial score (nSPS) is 26.0. The summed E-state index contributed by atoms with van der Waals surface area (Å²) >= 11 is 4.09.